The number of benzene rings is 1. The summed E-state index contributed by atoms with van der Waals surface area (Å²) in [7, 11) is 0. The number of rotatable bonds is 3. The Hall–Kier alpha value is -2.10. The van der Waals surface area contributed by atoms with Crippen LogP contribution in [0.25, 0.3) is 0 Å². The Balaban J connectivity index is 1.67. The van der Waals surface area contributed by atoms with Crippen molar-refractivity contribution in [1.82, 2.24) is 0 Å². The predicted octanol–water partition coefficient (Wildman–Crippen LogP) is 3.01. The highest BCUT2D eigenvalue weighted by molar-refractivity contribution is 5.99. The van der Waals surface area contributed by atoms with Gasteiger partial charge in [0, 0.05) is 12.1 Å². The van der Waals surface area contributed by atoms with E-state index in [0.29, 0.717) is 12.5 Å². The molecule has 4 heteroatoms. The minimum atomic E-state index is -0.478. The molecule has 2 atom stereocenters. The molecule has 1 aromatic carbocycles. The summed E-state index contributed by atoms with van der Waals surface area (Å²) in [6.07, 6.45) is 7.56. The third-order valence-corrected chi connectivity index (χ3v) is 4.12. The van der Waals surface area contributed by atoms with Crippen LogP contribution in [-0.4, -0.2) is 18.5 Å². The number of allylic oxidation sites excluding steroid dienone is 2. The van der Waals surface area contributed by atoms with Gasteiger partial charge in [0.15, 0.2) is 0 Å². The highest BCUT2D eigenvalue weighted by atomic mass is 16.5. The van der Waals surface area contributed by atoms with Crippen LogP contribution in [0.5, 0.6) is 0 Å². The largest absolute Gasteiger partial charge is 0.465 e. The summed E-state index contributed by atoms with van der Waals surface area (Å²) in [4.78, 5) is 24.0. The van der Waals surface area contributed by atoms with Gasteiger partial charge in [-0.15, -0.1) is 0 Å². The Bertz CT molecular complexity index is 579. The molecule has 0 aromatic heterocycles. The molecule has 0 radical (unpaired) electrons. The topological polar surface area (TPSA) is 55.4 Å². The van der Waals surface area contributed by atoms with E-state index >= 15 is 0 Å². The summed E-state index contributed by atoms with van der Waals surface area (Å²) in [6, 6.07) is 7.42. The van der Waals surface area contributed by atoms with E-state index in [1.54, 1.807) is 0 Å². The number of carbonyl (C=O) groups is 2. The summed E-state index contributed by atoms with van der Waals surface area (Å²) in [5.41, 5.74) is 1.57. The average Bonchev–Trinajstić information content (AvgIpc) is 2.52. The highest BCUT2D eigenvalue weighted by Crippen LogP contribution is 2.33. The predicted molar refractivity (Wildman–Crippen MR) is 79.9 cm³/mol. The van der Waals surface area contributed by atoms with Crippen molar-refractivity contribution in [1.29, 1.82) is 0 Å². The lowest BCUT2D eigenvalue weighted by Gasteiger charge is -2.25. The van der Waals surface area contributed by atoms with Gasteiger partial charge in [-0.25, -0.2) is 0 Å². The van der Waals surface area contributed by atoms with Crippen LogP contribution in [0, 0.1) is 5.92 Å². The van der Waals surface area contributed by atoms with Crippen molar-refractivity contribution in [2.45, 2.75) is 31.6 Å². The van der Waals surface area contributed by atoms with E-state index in [1.807, 2.05) is 24.3 Å². The lowest BCUT2D eigenvalue weighted by molar-refractivity contribution is -0.148. The first-order valence-corrected chi connectivity index (χ1v) is 7.44. The van der Waals surface area contributed by atoms with E-state index < -0.39 is 5.92 Å². The van der Waals surface area contributed by atoms with E-state index in [2.05, 4.69) is 17.5 Å². The van der Waals surface area contributed by atoms with Crippen LogP contribution in [-0.2, 0) is 14.3 Å². The first kappa shape index (κ1) is 13.9. The van der Waals surface area contributed by atoms with Crippen LogP contribution in [0.15, 0.2) is 36.4 Å². The number of anilines is 1. The van der Waals surface area contributed by atoms with Gasteiger partial charge < -0.3 is 10.1 Å². The lowest BCUT2D eigenvalue weighted by atomic mass is 9.90. The fraction of sp³-hybridized carbons (Fsp3) is 0.412. The molecule has 0 saturated heterocycles. The first-order chi connectivity index (χ1) is 10.2. The number of carbonyl (C=O) groups excluding carboxylic acids is 2. The van der Waals surface area contributed by atoms with Crippen LogP contribution < -0.4 is 5.32 Å². The van der Waals surface area contributed by atoms with Crippen molar-refractivity contribution in [3.63, 3.8) is 0 Å². The van der Waals surface area contributed by atoms with E-state index in [0.717, 1.165) is 30.5 Å². The van der Waals surface area contributed by atoms with Crippen molar-refractivity contribution in [2.75, 3.05) is 11.9 Å². The monoisotopic (exact) mass is 285 g/mol. The fourth-order valence-corrected chi connectivity index (χ4v) is 2.93. The fourth-order valence-electron chi connectivity index (χ4n) is 2.93. The van der Waals surface area contributed by atoms with Crippen molar-refractivity contribution in [3.8, 4) is 0 Å². The molecule has 110 valence electrons. The van der Waals surface area contributed by atoms with Gasteiger partial charge in [-0.05, 0) is 36.8 Å². The zero-order chi connectivity index (χ0) is 14.7. The molecule has 3 rings (SSSR count). The molecule has 1 aromatic rings. The van der Waals surface area contributed by atoms with Crippen LogP contribution in [0.2, 0.25) is 0 Å². The van der Waals surface area contributed by atoms with Crippen LogP contribution in [0.4, 0.5) is 5.69 Å². The molecule has 0 saturated carbocycles. The minimum absolute atomic E-state index is 0.128. The van der Waals surface area contributed by atoms with Crippen LogP contribution >= 0.6 is 0 Å². The number of para-hydroxylation sites is 1. The Labute approximate surface area is 124 Å². The number of fused-ring (bicyclic) bond motifs is 1. The molecule has 21 heavy (non-hydrogen) atoms. The quantitative estimate of drug-likeness (QED) is 0.686. The second kappa shape index (κ2) is 6.12. The number of hydrogen-bond donors (Lipinski definition) is 1. The van der Waals surface area contributed by atoms with Crippen molar-refractivity contribution in [3.05, 3.63) is 42.0 Å². The van der Waals surface area contributed by atoms with Crippen LogP contribution in [0.1, 0.15) is 37.2 Å². The molecule has 2 aliphatic rings. The molecule has 1 aliphatic carbocycles. The van der Waals surface area contributed by atoms with Gasteiger partial charge in [0.05, 0.1) is 12.5 Å². The molecule has 0 fully saturated rings. The standard InChI is InChI=1S/C17H19NO3/c19-16-10-14(13-8-4-5-9-15(13)18-16)17(20)21-11-12-6-2-1-3-7-12/h1-2,4-5,8-9,12,14H,3,6-7,10-11H2,(H,18,19). The lowest BCUT2D eigenvalue weighted by Crippen LogP contribution is -2.29. The number of hydrogen-bond acceptors (Lipinski definition) is 3. The molecular formula is C17H19NO3. The van der Waals surface area contributed by atoms with Gasteiger partial charge in [-0.2, -0.15) is 0 Å². The molecular weight excluding hydrogens is 266 g/mol. The number of esters is 1. The van der Waals surface area contributed by atoms with E-state index in [9.17, 15) is 9.59 Å². The summed E-state index contributed by atoms with van der Waals surface area (Å²) in [5, 5.41) is 2.79. The Morgan fingerprint density at radius 1 is 1.29 bits per heavy atom. The third-order valence-electron chi connectivity index (χ3n) is 4.12. The maximum absolute atomic E-state index is 12.3. The van der Waals surface area contributed by atoms with E-state index in [4.69, 9.17) is 4.74 Å². The number of nitrogens with one attached hydrogen (secondary N) is 1. The zero-order valence-corrected chi connectivity index (χ0v) is 11.9. The molecule has 1 heterocycles. The molecule has 1 N–H and O–H groups in total. The highest BCUT2D eigenvalue weighted by Gasteiger charge is 2.31. The van der Waals surface area contributed by atoms with Crippen molar-refractivity contribution < 1.29 is 14.3 Å². The normalized spacial score (nSPS) is 24.1. The average molecular weight is 285 g/mol. The number of ether oxygens (including phenoxy) is 1. The maximum atomic E-state index is 12.3. The van der Waals surface area contributed by atoms with E-state index in [-0.39, 0.29) is 18.3 Å². The SMILES string of the molecule is O=C1CC(C(=O)OCC2CC=CCC2)c2ccccc2N1. The smallest absolute Gasteiger partial charge is 0.314 e. The van der Waals surface area contributed by atoms with Gasteiger partial charge in [-0.1, -0.05) is 30.4 Å². The van der Waals surface area contributed by atoms with Gasteiger partial charge in [0.2, 0.25) is 5.91 Å². The first-order valence-electron chi connectivity index (χ1n) is 7.44. The maximum Gasteiger partial charge on any atom is 0.314 e. The van der Waals surface area contributed by atoms with Gasteiger partial charge in [0.1, 0.15) is 0 Å². The summed E-state index contributed by atoms with van der Waals surface area (Å²) in [5.74, 6) is -0.483. The molecule has 0 spiro atoms. The van der Waals surface area contributed by atoms with Crippen molar-refractivity contribution >= 4 is 17.6 Å². The second-order valence-electron chi connectivity index (χ2n) is 5.67. The van der Waals surface area contributed by atoms with Gasteiger partial charge in [-0.3, -0.25) is 9.59 Å². The van der Waals surface area contributed by atoms with Crippen molar-refractivity contribution in [2.24, 2.45) is 5.92 Å². The van der Waals surface area contributed by atoms with E-state index in [1.165, 1.54) is 0 Å². The Kier molecular flexibility index (Phi) is 4.04. The minimum Gasteiger partial charge on any atom is -0.465 e. The third kappa shape index (κ3) is 3.15. The summed E-state index contributed by atoms with van der Waals surface area (Å²) < 4.78 is 5.47. The summed E-state index contributed by atoms with van der Waals surface area (Å²) in [6.45, 7) is 0.448. The number of amides is 1. The molecule has 1 amide bonds. The zero-order valence-electron chi connectivity index (χ0n) is 11.9. The molecule has 4 nitrogen and oxygen atoms in total. The Morgan fingerprint density at radius 2 is 2.14 bits per heavy atom. The van der Waals surface area contributed by atoms with Crippen LogP contribution in [0.3, 0.4) is 0 Å². The second-order valence-corrected chi connectivity index (χ2v) is 5.67. The Morgan fingerprint density at radius 3 is 2.95 bits per heavy atom. The molecule has 0 bridgehead atoms. The molecule has 2 unspecified atom stereocenters. The van der Waals surface area contributed by atoms with Gasteiger partial charge in [0.25, 0.3) is 0 Å². The summed E-state index contributed by atoms with van der Waals surface area (Å²) >= 11 is 0. The molecule has 1 aliphatic heterocycles. The van der Waals surface area contributed by atoms with Gasteiger partial charge >= 0.3 is 5.97 Å².